The fourth-order valence-electron chi connectivity index (χ4n) is 3.77. The van der Waals surface area contributed by atoms with Crippen molar-refractivity contribution in [2.24, 2.45) is 0 Å². The lowest BCUT2D eigenvalue weighted by molar-refractivity contribution is -0.118. The first-order valence-electron chi connectivity index (χ1n) is 10.8. The van der Waals surface area contributed by atoms with Gasteiger partial charge in [0.05, 0.1) is 17.9 Å². The Kier molecular flexibility index (Phi) is 6.48. The second-order valence-corrected chi connectivity index (χ2v) is 8.42. The zero-order valence-electron chi connectivity index (χ0n) is 19.4. The molecule has 170 valence electrons. The number of carbonyl (C=O) groups is 2. The first-order chi connectivity index (χ1) is 15.9. The van der Waals surface area contributed by atoms with Crippen LogP contribution in [0, 0.1) is 0 Å². The van der Waals surface area contributed by atoms with Gasteiger partial charge in [-0.3, -0.25) is 19.4 Å². The van der Waals surface area contributed by atoms with E-state index in [1.807, 2.05) is 80.6 Å². The summed E-state index contributed by atoms with van der Waals surface area (Å²) >= 11 is 0. The number of aromatic nitrogens is 2. The molecule has 2 amide bonds. The Morgan fingerprint density at radius 1 is 0.939 bits per heavy atom. The molecule has 3 aromatic rings. The predicted molar refractivity (Wildman–Crippen MR) is 130 cm³/mol. The molecule has 0 atom stereocenters. The maximum Gasteiger partial charge on any atom is 0.263 e. The summed E-state index contributed by atoms with van der Waals surface area (Å²) < 4.78 is 0. The van der Waals surface area contributed by atoms with Gasteiger partial charge in [-0.15, -0.1) is 0 Å². The average Bonchev–Trinajstić information content (AvgIpc) is 2.91. The minimum Gasteiger partial charge on any atom is -0.309 e. The maximum absolute atomic E-state index is 13.7. The Balaban J connectivity index is 1.82. The molecule has 0 aliphatic carbocycles. The van der Waals surface area contributed by atoms with E-state index in [1.54, 1.807) is 16.8 Å². The summed E-state index contributed by atoms with van der Waals surface area (Å²) in [6.07, 6.45) is 1.52. The van der Waals surface area contributed by atoms with Gasteiger partial charge in [0.2, 0.25) is 5.91 Å². The van der Waals surface area contributed by atoms with Crippen molar-refractivity contribution in [1.82, 2.24) is 19.8 Å². The van der Waals surface area contributed by atoms with Gasteiger partial charge >= 0.3 is 0 Å². The van der Waals surface area contributed by atoms with Crippen LogP contribution >= 0.6 is 0 Å². The third-order valence-corrected chi connectivity index (χ3v) is 5.61. The lowest BCUT2D eigenvalue weighted by atomic mass is 10.2. The minimum absolute atomic E-state index is 0.161. The Morgan fingerprint density at radius 3 is 2.30 bits per heavy atom. The minimum atomic E-state index is -0.256. The number of benzene rings is 2. The van der Waals surface area contributed by atoms with Crippen molar-refractivity contribution in [3.05, 3.63) is 66.4 Å². The topological polar surface area (TPSA) is 72.9 Å². The van der Waals surface area contributed by atoms with Crippen LogP contribution in [0.5, 0.6) is 0 Å². The van der Waals surface area contributed by atoms with E-state index >= 15 is 0 Å². The van der Waals surface area contributed by atoms with Gasteiger partial charge in [0.1, 0.15) is 5.56 Å². The molecule has 33 heavy (non-hydrogen) atoms. The van der Waals surface area contributed by atoms with Crippen LogP contribution < -0.4 is 9.80 Å². The van der Waals surface area contributed by atoms with Gasteiger partial charge < -0.3 is 9.80 Å². The van der Waals surface area contributed by atoms with E-state index in [0.29, 0.717) is 23.0 Å². The summed E-state index contributed by atoms with van der Waals surface area (Å²) in [7, 11) is 7.62. The Bertz CT molecular complexity index is 1160. The smallest absolute Gasteiger partial charge is 0.263 e. The fourth-order valence-corrected chi connectivity index (χ4v) is 3.77. The van der Waals surface area contributed by atoms with Crippen LogP contribution in [0.2, 0.25) is 0 Å². The number of hydrogen-bond acceptors (Lipinski definition) is 6. The van der Waals surface area contributed by atoms with Crippen molar-refractivity contribution < 1.29 is 9.59 Å². The average molecular weight is 445 g/mol. The van der Waals surface area contributed by atoms with Gasteiger partial charge in [0.25, 0.3) is 5.91 Å². The zero-order chi connectivity index (χ0) is 23.5. The van der Waals surface area contributed by atoms with E-state index in [0.717, 1.165) is 18.7 Å². The van der Waals surface area contributed by atoms with Crippen molar-refractivity contribution in [3.63, 3.8) is 0 Å². The molecule has 0 saturated heterocycles. The van der Waals surface area contributed by atoms with Crippen molar-refractivity contribution in [2.75, 3.05) is 57.6 Å². The molecule has 8 heteroatoms. The molecule has 2 heterocycles. The van der Waals surface area contributed by atoms with Crippen molar-refractivity contribution in [1.29, 1.82) is 0 Å². The molecular formula is C25H28N6O2. The molecular weight excluding hydrogens is 416 g/mol. The van der Waals surface area contributed by atoms with E-state index < -0.39 is 0 Å². The molecule has 0 N–H and O–H groups in total. The third-order valence-electron chi connectivity index (χ3n) is 5.61. The first kappa shape index (κ1) is 22.6. The highest BCUT2D eigenvalue weighted by Crippen LogP contribution is 2.39. The highest BCUT2D eigenvalue weighted by Gasteiger charge is 2.34. The number of anilines is 3. The van der Waals surface area contributed by atoms with Gasteiger partial charge in [-0.1, -0.05) is 42.5 Å². The molecule has 0 radical (unpaired) electrons. The molecule has 1 aromatic heterocycles. The summed E-state index contributed by atoms with van der Waals surface area (Å²) in [4.78, 5) is 43.3. The Hall–Kier alpha value is -3.62. The van der Waals surface area contributed by atoms with Gasteiger partial charge in [-0.25, -0.2) is 9.97 Å². The Morgan fingerprint density at radius 2 is 1.61 bits per heavy atom. The molecule has 1 aliphatic heterocycles. The number of para-hydroxylation sites is 2. The standard InChI is InChI=1S/C25H28N6O2/c1-28(2)14-15-29(3)17-22(32)31-21-13-9-8-12-20(21)30(4)25(33)19-16-26-23(27-24(19)31)18-10-6-5-7-11-18/h5-13,16H,14-15,17H2,1-4H3. The highest BCUT2D eigenvalue weighted by molar-refractivity contribution is 6.18. The molecule has 0 saturated carbocycles. The summed E-state index contributed by atoms with van der Waals surface area (Å²) in [6, 6.07) is 16.9. The van der Waals surface area contributed by atoms with Crippen LogP contribution in [0.4, 0.5) is 17.2 Å². The van der Waals surface area contributed by atoms with Crippen molar-refractivity contribution in [2.45, 2.75) is 0 Å². The van der Waals surface area contributed by atoms with Crippen LogP contribution in [-0.2, 0) is 4.79 Å². The van der Waals surface area contributed by atoms with Crippen LogP contribution in [0.1, 0.15) is 10.4 Å². The zero-order valence-corrected chi connectivity index (χ0v) is 19.4. The highest BCUT2D eigenvalue weighted by atomic mass is 16.2. The molecule has 8 nitrogen and oxygen atoms in total. The number of carbonyl (C=O) groups excluding carboxylic acids is 2. The SMILES string of the molecule is CN(C)CCN(C)CC(=O)N1c2ccccc2N(C)C(=O)c2cnc(-c3ccccc3)nc21. The van der Waals surface area contributed by atoms with E-state index in [2.05, 4.69) is 9.88 Å². The lowest BCUT2D eigenvalue weighted by Crippen LogP contribution is -2.39. The van der Waals surface area contributed by atoms with Gasteiger partial charge in [-0.05, 0) is 33.3 Å². The van der Waals surface area contributed by atoms with E-state index in [4.69, 9.17) is 4.98 Å². The molecule has 0 unspecified atom stereocenters. The summed E-state index contributed by atoms with van der Waals surface area (Å²) in [6.45, 7) is 1.75. The number of rotatable bonds is 6. The molecule has 1 aliphatic rings. The Labute approximate surface area is 194 Å². The molecule has 0 spiro atoms. The lowest BCUT2D eigenvalue weighted by Gasteiger charge is -2.26. The third kappa shape index (κ3) is 4.62. The number of nitrogens with zero attached hydrogens (tertiary/aromatic N) is 6. The van der Waals surface area contributed by atoms with Crippen LogP contribution in [-0.4, -0.2) is 79.4 Å². The van der Waals surface area contributed by atoms with Crippen molar-refractivity contribution in [3.8, 4) is 11.4 Å². The van der Waals surface area contributed by atoms with Gasteiger partial charge in [0.15, 0.2) is 11.6 Å². The van der Waals surface area contributed by atoms with E-state index in [1.165, 1.54) is 6.20 Å². The summed E-state index contributed by atoms with van der Waals surface area (Å²) in [5.74, 6) is 0.346. The fraction of sp³-hybridized carbons (Fsp3) is 0.280. The normalized spacial score (nSPS) is 13.2. The largest absolute Gasteiger partial charge is 0.309 e. The monoisotopic (exact) mass is 444 g/mol. The predicted octanol–water partition coefficient (Wildman–Crippen LogP) is 2.89. The molecule has 0 fully saturated rings. The molecule has 2 aromatic carbocycles. The van der Waals surface area contributed by atoms with Crippen molar-refractivity contribution >= 4 is 29.0 Å². The first-order valence-corrected chi connectivity index (χ1v) is 10.8. The van der Waals surface area contributed by atoms with Gasteiger partial charge in [0, 0.05) is 31.9 Å². The number of fused-ring (bicyclic) bond motifs is 2. The second-order valence-electron chi connectivity index (χ2n) is 8.42. The summed E-state index contributed by atoms with van der Waals surface area (Å²) in [5, 5.41) is 0. The number of amides is 2. The summed E-state index contributed by atoms with van der Waals surface area (Å²) in [5.41, 5.74) is 2.37. The number of likely N-dealkylation sites (N-methyl/N-ethyl adjacent to an activating group) is 2. The second kappa shape index (κ2) is 9.48. The molecule has 0 bridgehead atoms. The van der Waals surface area contributed by atoms with Gasteiger partial charge in [-0.2, -0.15) is 0 Å². The van der Waals surface area contributed by atoms with E-state index in [9.17, 15) is 9.59 Å². The maximum atomic E-state index is 13.7. The van der Waals surface area contributed by atoms with Crippen LogP contribution in [0.15, 0.2) is 60.8 Å². The molecule has 4 rings (SSSR count). The van der Waals surface area contributed by atoms with Crippen LogP contribution in [0.25, 0.3) is 11.4 Å². The van der Waals surface area contributed by atoms with E-state index in [-0.39, 0.29) is 23.9 Å². The quantitative estimate of drug-likeness (QED) is 0.582. The van der Waals surface area contributed by atoms with Crippen LogP contribution in [0.3, 0.4) is 0 Å². The number of hydrogen-bond donors (Lipinski definition) is 0.